The van der Waals surface area contributed by atoms with Gasteiger partial charge in [-0.2, -0.15) is 0 Å². The Labute approximate surface area is 230 Å². The largest absolute Gasteiger partial charge is 0.497 e. The van der Waals surface area contributed by atoms with Crippen LogP contribution in [0.1, 0.15) is 26.3 Å². The van der Waals surface area contributed by atoms with Gasteiger partial charge >= 0.3 is 0 Å². The fraction of sp³-hybridized carbons (Fsp3) is 0.310. The molecular weight excluding hydrogens is 518 g/mol. The molecule has 1 N–H and O–H groups in total. The molecule has 2 amide bonds. The number of rotatable bonds is 12. The van der Waals surface area contributed by atoms with Gasteiger partial charge in [-0.15, -0.1) is 0 Å². The second kappa shape index (κ2) is 13.1. The molecule has 0 aliphatic heterocycles. The highest BCUT2D eigenvalue weighted by molar-refractivity contribution is 7.92. The molecule has 0 bridgehead atoms. The van der Waals surface area contributed by atoms with Crippen LogP contribution in [0.3, 0.4) is 0 Å². The van der Waals surface area contributed by atoms with E-state index in [9.17, 15) is 18.0 Å². The number of amides is 2. The van der Waals surface area contributed by atoms with Gasteiger partial charge in [0.05, 0.1) is 24.8 Å². The van der Waals surface area contributed by atoms with Gasteiger partial charge in [0.2, 0.25) is 11.8 Å². The van der Waals surface area contributed by atoms with Gasteiger partial charge in [-0.05, 0) is 74.9 Å². The lowest BCUT2D eigenvalue weighted by molar-refractivity contribution is -0.139. The molecule has 0 spiro atoms. The summed E-state index contributed by atoms with van der Waals surface area (Å²) in [5.74, 6) is 0.324. The van der Waals surface area contributed by atoms with Crippen LogP contribution in [0.4, 0.5) is 5.69 Å². The van der Waals surface area contributed by atoms with E-state index in [0.717, 1.165) is 9.87 Å². The van der Waals surface area contributed by atoms with Crippen LogP contribution in [0, 0.1) is 0 Å². The van der Waals surface area contributed by atoms with Crippen molar-refractivity contribution in [2.45, 2.75) is 44.3 Å². The second-order valence-corrected chi connectivity index (χ2v) is 11.1. The van der Waals surface area contributed by atoms with Crippen LogP contribution >= 0.6 is 0 Å². The van der Waals surface area contributed by atoms with Gasteiger partial charge in [-0.25, -0.2) is 8.42 Å². The third kappa shape index (κ3) is 7.51. The normalized spacial score (nSPS) is 11.9. The molecule has 39 heavy (non-hydrogen) atoms. The Hall–Kier alpha value is -4.05. The van der Waals surface area contributed by atoms with Crippen LogP contribution in [0.25, 0.3) is 0 Å². The zero-order chi connectivity index (χ0) is 28.6. The number of hydrogen-bond acceptors (Lipinski definition) is 6. The Kier molecular flexibility index (Phi) is 9.95. The van der Waals surface area contributed by atoms with Gasteiger partial charge in [-0.1, -0.05) is 30.3 Å². The molecule has 0 aliphatic carbocycles. The molecule has 0 radical (unpaired) electrons. The number of nitrogens with one attached hydrogen (secondary N) is 1. The maximum Gasteiger partial charge on any atom is 0.264 e. The monoisotopic (exact) mass is 553 g/mol. The van der Waals surface area contributed by atoms with Crippen molar-refractivity contribution in [2.75, 3.05) is 25.1 Å². The van der Waals surface area contributed by atoms with Crippen molar-refractivity contribution < 1.29 is 27.5 Å². The first-order valence-corrected chi connectivity index (χ1v) is 14.0. The summed E-state index contributed by atoms with van der Waals surface area (Å²) >= 11 is 0. The fourth-order valence-corrected chi connectivity index (χ4v) is 5.35. The summed E-state index contributed by atoms with van der Waals surface area (Å²) in [4.78, 5) is 28.3. The van der Waals surface area contributed by atoms with Crippen LogP contribution < -0.4 is 19.1 Å². The van der Waals surface area contributed by atoms with Crippen molar-refractivity contribution in [3.8, 4) is 11.5 Å². The van der Waals surface area contributed by atoms with Crippen molar-refractivity contribution in [3.05, 3.63) is 84.4 Å². The van der Waals surface area contributed by atoms with Crippen molar-refractivity contribution in [2.24, 2.45) is 0 Å². The fourth-order valence-electron chi connectivity index (χ4n) is 3.91. The Morgan fingerprint density at radius 2 is 1.36 bits per heavy atom. The average molecular weight is 554 g/mol. The van der Waals surface area contributed by atoms with Crippen molar-refractivity contribution in [1.82, 2.24) is 10.2 Å². The van der Waals surface area contributed by atoms with E-state index in [1.165, 1.54) is 24.1 Å². The standard InChI is InChI=1S/C29H35N3O6S/c1-21(2)30-29(34)22(3)31(19-23-11-15-25(37-4)16-12-23)28(33)20-32(24-13-17-26(38-5)18-14-24)39(35,36)27-9-7-6-8-10-27/h6-18,21-22H,19-20H2,1-5H3,(H,30,34)/t22-/m1/s1. The predicted octanol–water partition coefficient (Wildman–Crippen LogP) is 3.84. The van der Waals surface area contributed by atoms with Gasteiger partial charge in [-0.3, -0.25) is 13.9 Å². The molecule has 9 nitrogen and oxygen atoms in total. The number of ether oxygens (including phenoxy) is 2. The SMILES string of the molecule is COc1ccc(CN(C(=O)CN(c2ccc(OC)cc2)S(=O)(=O)c2ccccc2)[C@H](C)C(=O)NC(C)C)cc1. The summed E-state index contributed by atoms with van der Waals surface area (Å²) in [5, 5.41) is 2.84. The highest BCUT2D eigenvalue weighted by Gasteiger charge is 2.32. The van der Waals surface area contributed by atoms with Crippen LogP contribution in [-0.2, 0) is 26.2 Å². The van der Waals surface area contributed by atoms with E-state index in [-0.39, 0.29) is 29.1 Å². The molecule has 0 saturated carbocycles. The molecule has 3 aromatic rings. The van der Waals surface area contributed by atoms with Crippen molar-refractivity contribution >= 4 is 27.5 Å². The summed E-state index contributed by atoms with van der Waals surface area (Å²) in [6.45, 7) is 4.87. The van der Waals surface area contributed by atoms with E-state index in [1.807, 2.05) is 13.8 Å². The van der Waals surface area contributed by atoms with Gasteiger partial charge < -0.3 is 19.7 Å². The predicted molar refractivity (Wildman–Crippen MR) is 150 cm³/mol. The molecule has 3 aromatic carbocycles. The maximum absolute atomic E-state index is 13.9. The molecule has 0 heterocycles. The number of anilines is 1. The number of hydrogen-bond donors (Lipinski definition) is 1. The summed E-state index contributed by atoms with van der Waals surface area (Å²) < 4.78 is 39.0. The zero-order valence-electron chi connectivity index (χ0n) is 22.8. The van der Waals surface area contributed by atoms with Crippen LogP contribution in [-0.4, -0.2) is 58.0 Å². The van der Waals surface area contributed by atoms with Crippen LogP contribution in [0.5, 0.6) is 11.5 Å². The third-order valence-electron chi connectivity index (χ3n) is 6.08. The van der Waals surface area contributed by atoms with Crippen molar-refractivity contribution in [3.63, 3.8) is 0 Å². The minimum absolute atomic E-state index is 0.0425. The molecule has 208 valence electrons. The van der Waals surface area contributed by atoms with Gasteiger partial charge in [0.25, 0.3) is 10.0 Å². The van der Waals surface area contributed by atoms with E-state index in [1.54, 1.807) is 80.8 Å². The molecule has 3 rings (SSSR count). The van der Waals surface area contributed by atoms with E-state index in [2.05, 4.69) is 5.32 Å². The minimum Gasteiger partial charge on any atom is -0.497 e. The minimum atomic E-state index is -4.12. The lowest BCUT2D eigenvalue weighted by Gasteiger charge is -2.32. The number of carbonyl (C=O) groups excluding carboxylic acids is 2. The first kappa shape index (κ1) is 29.5. The molecule has 0 fully saturated rings. The lowest BCUT2D eigenvalue weighted by Crippen LogP contribution is -2.52. The van der Waals surface area contributed by atoms with Crippen LogP contribution in [0.2, 0.25) is 0 Å². The number of nitrogens with zero attached hydrogens (tertiary/aromatic N) is 2. The van der Waals surface area contributed by atoms with E-state index < -0.39 is 28.5 Å². The number of sulfonamides is 1. The Morgan fingerprint density at radius 1 is 0.821 bits per heavy atom. The van der Waals surface area contributed by atoms with E-state index in [0.29, 0.717) is 11.5 Å². The number of carbonyl (C=O) groups is 2. The summed E-state index contributed by atoms with van der Waals surface area (Å²) in [5.41, 5.74) is 1.05. The molecule has 0 aliphatic rings. The molecule has 0 aromatic heterocycles. The van der Waals surface area contributed by atoms with E-state index >= 15 is 0 Å². The first-order valence-electron chi connectivity index (χ1n) is 12.5. The quantitative estimate of drug-likeness (QED) is 0.365. The summed E-state index contributed by atoms with van der Waals surface area (Å²) in [6, 6.07) is 20.5. The Balaban J connectivity index is 2.01. The lowest BCUT2D eigenvalue weighted by atomic mass is 10.1. The first-order chi connectivity index (χ1) is 18.6. The summed E-state index contributed by atoms with van der Waals surface area (Å²) in [6.07, 6.45) is 0. The van der Waals surface area contributed by atoms with Gasteiger partial charge in [0, 0.05) is 12.6 Å². The summed E-state index contributed by atoms with van der Waals surface area (Å²) in [7, 11) is -1.05. The van der Waals surface area contributed by atoms with Gasteiger partial charge in [0.1, 0.15) is 24.1 Å². The Bertz CT molecular complexity index is 1340. The Morgan fingerprint density at radius 3 is 1.87 bits per heavy atom. The maximum atomic E-state index is 13.9. The molecular formula is C29H35N3O6S. The number of benzene rings is 3. The topological polar surface area (TPSA) is 105 Å². The third-order valence-corrected chi connectivity index (χ3v) is 7.87. The molecule has 10 heteroatoms. The molecule has 1 atom stereocenters. The van der Waals surface area contributed by atoms with Crippen molar-refractivity contribution in [1.29, 1.82) is 0 Å². The highest BCUT2D eigenvalue weighted by atomic mass is 32.2. The number of methoxy groups -OCH3 is 2. The average Bonchev–Trinajstić information content (AvgIpc) is 2.94. The highest BCUT2D eigenvalue weighted by Crippen LogP contribution is 2.26. The second-order valence-electron chi connectivity index (χ2n) is 9.23. The van der Waals surface area contributed by atoms with Gasteiger partial charge in [0.15, 0.2) is 0 Å². The van der Waals surface area contributed by atoms with Crippen LogP contribution in [0.15, 0.2) is 83.8 Å². The smallest absolute Gasteiger partial charge is 0.264 e. The zero-order valence-corrected chi connectivity index (χ0v) is 23.6. The molecule has 0 unspecified atom stereocenters. The molecule has 0 saturated heterocycles. The van der Waals surface area contributed by atoms with E-state index in [4.69, 9.17) is 9.47 Å².